The van der Waals surface area contributed by atoms with Crippen molar-refractivity contribution in [2.75, 3.05) is 5.73 Å². The van der Waals surface area contributed by atoms with Crippen molar-refractivity contribution in [1.29, 1.82) is 0 Å². The zero-order valence-corrected chi connectivity index (χ0v) is 21.3. The SMILES string of the molecule is CCCCCCCCCCCCCCC(C(=O)c1cccnc1)c1cnc(-c2occc2N)s1. The lowest BCUT2D eigenvalue weighted by molar-refractivity contribution is 0.0954. The molecule has 34 heavy (non-hydrogen) atoms. The standard InChI is InChI=1S/C28H39N3O2S/c1-2-3-4-5-6-7-8-9-10-11-12-13-16-23(26(32)22-15-14-18-30-20-22)25-21-31-28(34-25)27-24(29)17-19-33-27/h14-15,17-21,23H,2-13,16,29H2,1H3. The first-order valence-electron chi connectivity index (χ1n) is 12.9. The number of hydrogen-bond acceptors (Lipinski definition) is 6. The van der Waals surface area contributed by atoms with Crippen LogP contribution in [-0.2, 0) is 0 Å². The summed E-state index contributed by atoms with van der Waals surface area (Å²) in [5.74, 6) is 0.475. The third-order valence-corrected chi connectivity index (χ3v) is 7.48. The number of rotatable bonds is 17. The van der Waals surface area contributed by atoms with Gasteiger partial charge < -0.3 is 10.2 Å². The van der Waals surface area contributed by atoms with Crippen LogP contribution in [0.5, 0.6) is 0 Å². The molecule has 0 aliphatic rings. The molecular weight excluding hydrogens is 442 g/mol. The quantitative estimate of drug-likeness (QED) is 0.154. The summed E-state index contributed by atoms with van der Waals surface area (Å²) in [5.41, 5.74) is 7.21. The normalized spacial score (nSPS) is 12.1. The number of carbonyl (C=O) groups excluding carboxylic acids is 1. The topological polar surface area (TPSA) is 82.0 Å². The number of anilines is 1. The molecule has 3 aromatic heterocycles. The molecule has 0 saturated carbocycles. The largest absolute Gasteiger partial charge is 0.460 e. The second kappa shape index (κ2) is 14.7. The lowest BCUT2D eigenvalue weighted by Crippen LogP contribution is -2.12. The molecule has 0 saturated heterocycles. The van der Waals surface area contributed by atoms with Crippen molar-refractivity contribution in [3.05, 3.63) is 53.5 Å². The van der Waals surface area contributed by atoms with Crippen LogP contribution in [0, 0.1) is 0 Å². The summed E-state index contributed by atoms with van der Waals surface area (Å²) in [6.45, 7) is 2.27. The predicted molar refractivity (Wildman–Crippen MR) is 141 cm³/mol. The van der Waals surface area contributed by atoms with Crippen LogP contribution in [0.15, 0.2) is 47.5 Å². The van der Waals surface area contributed by atoms with Crippen molar-refractivity contribution < 1.29 is 9.21 Å². The van der Waals surface area contributed by atoms with Gasteiger partial charge in [0.25, 0.3) is 0 Å². The first-order chi connectivity index (χ1) is 16.7. The molecule has 0 aliphatic heterocycles. The minimum atomic E-state index is -0.213. The van der Waals surface area contributed by atoms with Gasteiger partial charge in [0.1, 0.15) is 0 Å². The molecule has 0 aliphatic carbocycles. The number of unbranched alkanes of at least 4 members (excludes halogenated alkanes) is 11. The molecule has 0 bridgehead atoms. The van der Waals surface area contributed by atoms with Gasteiger partial charge in [-0.2, -0.15) is 0 Å². The third kappa shape index (κ3) is 8.08. The molecule has 3 aromatic rings. The average Bonchev–Trinajstić information content (AvgIpc) is 3.51. The molecule has 1 atom stereocenters. The van der Waals surface area contributed by atoms with Crippen molar-refractivity contribution in [3.8, 4) is 10.8 Å². The van der Waals surface area contributed by atoms with Gasteiger partial charge in [0, 0.05) is 35.1 Å². The number of carbonyl (C=O) groups is 1. The molecule has 0 fully saturated rings. The lowest BCUT2D eigenvalue weighted by atomic mass is 9.91. The number of nitrogens with zero attached hydrogens (tertiary/aromatic N) is 2. The number of hydrogen-bond donors (Lipinski definition) is 1. The van der Waals surface area contributed by atoms with Gasteiger partial charge in [0.15, 0.2) is 16.6 Å². The fourth-order valence-corrected chi connectivity index (χ4v) is 5.41. The maximum atomic E-state index is 13.3. The Balaban J connectivity index is 1.48. The van der Waals surface area contributed by atoms with Crippen LogP contribution >= 0.6 is 11.3 Å². The van der Waals surface area contributed by atoms with Crippen molar-refractivity contribution in [1.82, 2.24) is 9.97 Å². The van der Waals surface area contributed by atoms with Crippen LogP contribution in [0.1, 0.15) is 112 Å². The van der Waals surface area contributed by atoms with E-state index in [1.165, 1.54) is 75.5 Å². The van der Waals surface area contributed by atoms with E-state index >= 15 is 0 Å². The third-order valence-electron chi connectivity index (χ3n) is 6.37. The predicted octanol–water partition coefficient (Wildman–Crippen LogP) is 8.44. The van der Waals surface area contributed by atoms with Gasteiger partial charge in [0.05, 0.1) is 17.9 Å². The Bertz CT molecular complexity index is 967. The molecule has 0 amide bonds. The van der Waals surface area contributed by atoms with Crippen LogP contribution < -0.4 is 5.73 Å². The number of Topliss-reactive ketones (excluding diaryl/α,β-unsaturated/α-hetero) is 1. The molecule has 3 heterocycles. The van der Waals surface area contributed by atoms with Crippen LogP contribution in [0.2, 0.25) is 0 Å². The molecule has 0 aromatic carbocycles. The first kappa shape index (κ1) is 26.1. The van der Waals surface area contributed by atoms with Crippen LogP contribution in [0.3, 0.4) is 0 Å². The lowest BCUT2D eigenvalue weighted by Gasteiger charge is -2.14. The average molecular weight is 482 g/mol. The molecule has 0 spiro atoms. The minimum absolute atomic E-state index is 0.110. The highest BCUT2D eigenvalue weighted by Gasteiger charge is 2.25. The van der Waals surface area contributed by atoms with Crippen molar-refractivity contribution in [2.24, 2.45) is 0 Å². The molecule has 1 unspecified atom stereocenters. The molecule has 6 heteroatoms. The highest BCUT2D eigenvalue weighted by atomic mass is 32.1. The van der Waals surface area contributed by atoms with E-state index in [0.29, 0.717) is 17.0 Å². The van der Waals surface area contributed by atoms with E-state index in [2.05, 4.69) is 16.9 Å². The van der Waals surface area contributed by atoms with Gasteiger partial charge in [-0.25, -0.2) is 4.98 Å². The second-order valence-corrected chi connectivity index (χ2v) is 10.2. The summed E-state index contributed by atoms with van der Waals surface area (Å²) in [6, 6.07) is 5.38. The Hall–Kier alpha value is -2.47. The maximum absolute atomic E-state index is 13.3. The van der Waals surface area contributed by atoms with Crippen LogP contribution in [-0.4, -0.2) is 15.8 Å². The number of nitrogens with two attached hydrogens (primary N) is 1. The first-order valence-corrected chi connectivity index (χ1v) is 13.8. The zero-order valence-electron chi connectivity index (χ0n) is 20.5. The Kier molecular flexibility index (Phi) is 11.3. The summed E-state index contributed by atoms with van der Waals surface area (Å²) in [7, 11) is 0. The summed E-state index contributed by atoms with van der Waals surface area (Å²) < 4.78 is 5.49. The minimum Gasteiger partial charge on any atom is -0.460 e. The second-order valence-electron chi connectivity index (χ2n) is 9.11. The summed E-state index contributed by atoms with van der Waals surface area (Å²) in [4.78, 5) is 22.9. The smallest absolute Gasteiger partial charge is 0.185 e. The van der Waals surface area contributed by atoms with E-state index in [-0.39, 0.29) is 11.7 Å². The molecule has 0 radical (unpaired) electrons. The van der Waals surface area contributed by atoms with E-state index in [1.54, 1.807) is 30.9 Å². The summed E-state index contributed by atoms with van der Waals surface area (Å²) >= 11 is 1.49. The molecular formula is C28H39N3O2S. The van der Waals surface area contributed by atoms with E-state index in [9.17, 15) is 4.79 Å². The fourth-order valence-electron chi connectivity index (χ4n) is 4.35. The number of nitrogen functional groups attached to an aromatic ring is 1. The van der Waals surface area contributed by atoms with Crippen LogP contribution in [0.4, 0.5) is 5.69 Å². The van der Waals surface area contributed by atoms with Crippen molar-refractivity contribution in [3.63, 3.8) is 0 Å². The summed E-state index contributed by atoms with van der Waals surface area (Å²) in [6.07, 6.45) is 23.2. The van der Waals surface area contributed by atoms with E-state index < -0.39 is 0 Å². The molecule has 3 rings (SSSR count). The number of pyridine rings is 1. The Morgan fingerprint density at radius 3 is 2.24 bits per heavy atom. The van der Waals surface area contributed by atoms with Gasteiger partial charge in [-0.3, -0.25) is 9.78 Å². The zero-order chi connectivity index (χ0) is 24.0. The maximum Gasteiger partial charge on any atom is 0.185 e. The molecule has 5 nitrogen and oxygen atoms in total. The van der Waals surface area contributed by atoms with E-state index in [4.69, 9.17) is 10.2 Å². The molecule has 184 valence electrons. The van der Waals surface area contributed by atoms with Gasteiger partial charge in [-0.15, -0.1) is 11.3 Å². The van der Waals surface area contributed by atoms with Gasteiger partial charge in [0.2, 0.25) is 0 Å². The van der Waals surface area contributed by atoms with Gasteiger partial charge in [-0.1, -0.05) is 84.0 Å². The van der Waals surface area contributed by atoms with Gasteiger partial charge >= 0.3 is 0 Å². The summed E-state index contributed by atoms with van der Waals surface area (Å²) in [5, 5.41) is 0.719. The fraction of sp³-hybridized carbons (Fsp3) is 0.536. The highest BCUT2D eigenvalue weighted by molar-refractivity contribution is 7.15. The number of ketones is 1. The number of furan rings is 1. The Morgan fingerprint density at radius 2 is 1.65 bits per heavy atom. The van der Waals surface area contributed by atoms with E-state index in [1.807, 2.05) is 12.1 Å². The van der Waals surface area contributed by atoms with Gasteiger partial charge in [-0.05, 0) is 18.6 Å². The monoisotopic (exact) mass is 481 g/mol. The number of aromatic nitrogens is 2. The Labute approximate surface area is 208 Å². The van der Waals surface area contributed by atoms with E-state index in [0.717, 1.165) is 29.1 Å². The Morgan fingerprint density at radius 1 is 0.971 bits per heavy atom. The van der Waals surface area contributed by atoms with Crippen molar-refractivity contribution >= 4 is 22.8 Å². The van der Waals surface area contributed by atoms with Crippen LogP contribution in [0.25, 0.3) is 10.8 Å². The highest BCUT2D eigenvalue weighted by Crippen LogP contribution is 2.36. The van der Waals surface area contributed by atoms with Crippen molar-refractivity contribution in [2.45, 2.75) is 96.3 Å². The number of thiazole rings is 1. The molecule has 2 N–H and O–H groups in total.